The molecule has 0 aliphatic rings. The Kier molecular flexibility index (Phi) is 7.42. The lowest BCUT2D eigenvalue weighted by molar-refractivity contribution is 0.250. The van der Waals surface area contributed by atoms with Gasteiger partial charge in [-0.25, -0.2) is 18.8 Å². The highest BCUT2D eigenvalue weighted by molar-refractivity contribution is 8.68. The van der Waals surface area contributed by atoms with E-state index in [4.69, 9.17) is 20.9 Å². The van der Waals surface area contributed by atoms with Crippen LogP contribution in [0.2, 0.25) is 0 Å². The van der Waals surface area contributed by atoms with Crippen LogP contribution in [0.5, 0.6) is 0 Å². The maximum absolute atomic E-state index is 11.9. The highest BCUT2D eigenvalue weighted by atomic mass is 32.9. The Balaban J connectivity index is 2.98. The Hall–Kier alpha value is -0.340. The van der Waals surface area contributed by atoms with Crippen LogP contribution < -0.4 is 11.4 Å². The van der Waals surface area contributed by atoms with Crippen molar-refractivity contribution in [3.8, 4) is 0 Å². The second-order valence-electron chi connectivity index (χ2n) is 4.05. The monoisotopic (exact) mass is 355 g/mol. The summed E-state index contributed by atoms with van der Waals surface area (Å²) < 4.78 is 14.8. The molecule has 0 saturated heterocycles. The first kappa shape index (κ1) is 18.7. The summed E-state index contributed by atoms with van der Waals surface area (Å²) in [6.45, 7) is 10.0. The van der Waals surface area contributed by atoms with Crippen molar-refractivity contribution >= 4 is 28.8 Å². The third-order valence-corrected chi connectivity index (χ3v) is 9.69. The van der Waals surface area contributed by atoms with Crippen LogP contribution in [0.1, 0.15) is 27.7 Å². The molecule has 1 aromatic heterocycles. The number of aryl methyl sites for hydroxylation is 1. The molecule has 1 unspecified atom stereocenters. The fraction of sp³-hybridized carbons (Fsp3) is 0.818. The summed E-state index contributed by atoms with van der Waals surface area (Å²) >= 11 is 6.99. The van der Waals surface area contributed by atoms with Gasteiger partial charge in [0.1, 0.15) is 0 Å². The molecule has 0 spiro atoms. The molecule has 0 N–H and O–H groups in total. The molecule has 0 aromatic carbocycles. The Morgan fingerprint density at radius 2 is 1.90 bits per heavy atom. The molecule has 122 valence electrons. The fourth-order valence-corrected chi connectivity index (χ4v) is 7.60. The van der Waals surface area contributed by atoms with E-state index in [0.29, 0.717) is 13.2 Å². The van der Waals surface area contributed by atoms with E-state index < -0.39 is 17.1 Å². The van der Waals surface area contributed by atoms with Gasteiger partial charge in [0.15, 0.2) is 5.62 Å². The first-order valence-corrected chi connectivity index (χ1v) is 11.1. The van der Waals surface area contributed by atoms with Gasteiger partial charge in [-0.15, -0.1) is 0 Å². The van der Waals surface area contributed by atoms with Crippen LogP contribution in [-0.2, 0) is 28.8 Å². The molecule has 0 radical (unpaired) electrons. The van der Waals surface area contributed by atoms with Gasteiger partial charge in [-0.3, -0.25) is 0 Å². The number of hydrogen-bond donors (Lipinski definition) is 0. The number of rotatable bonds is 9. The standard InChI is InChI=1S/C11H22N3O4PS2/c1-5-12(6-2)19(20,17-8-4)21-9-13-10(15)14(7-3)18-11(13)16/h5-9H2,1-4H3. The van der Waals surface area contributed by atoms with Crippen LogP contribution in [0.15, 0.2) is 14.1 Å². The lowest BCUT2D eigenvalue weighted by Gasteiger charge is -2.31. The largest absolute Gasteiger partial charge is 0.443 e. The highest BCUT2D eigenvalue weighted by Crippen LogP contribution is 2.62. The quantitative estimate of drug-likeness (QED) is 0.627. The Bertz CT molecular complexity index is 605. The van der Waals surface area contributed by atoms with E-state index in [1.54, 1.807) is 6.92 Å². The van der Waals surface area contributed by atoms with E-state index >= 15 is 0 Å². The van der Waals surface area contributed by atoms with Crippen LogP contribution >= 0.6 is 17.0 Å². The number of hydrogen-bond acceptors (Lipinski definition) is 6. The van der Waals surface area contributed by atoms with Crippen molar-refractivity contribution in [1.82, 2.24) is 14.0 Å². The normalized spacial score (nSPS) is 14.5. The lowest BCUT2D eigenvalue weighted by Crippen LogP contribution is -2.28. The van der Waals surface area contributed by atoms with E-state index in [-0.39, 0.29) is 5.88 Å². The molecule has 0 aliphatic heterocycles. The summed E-state index contributed by atoms with van der Waals surface area (Å²) in [6, 6.07) is 0. The zero-order valence-corrected chi connectivity index (χ0v) is 15.3. The Labute approximate surface area is 133 Å². The molecule has 0 amide bonds. The summed E-state index contributed by atoms with van der Waals surface area (Å²) in [7, 11) is 0. The SMILES string of the molecule is CCOP(=S)(SCn1c(=O)on(CC)c1=O)N(CC)CC. The average Bonchev–Trinajstić information content (AvgIpc) is 2.73. The minimum absolute atomic E-state index is 0.141. The van der Waals surface area contributed by atoms with Gasteiger partial charge in [0.2, 0.25) is 0 Å². The molecular weight excluding hydrogens is 333 g/mol. The summed E-state index contributed by atoms with van der Waals surface area (Å²) in [6.07, 6.45) is 0. The molecular formula is C11H22N3O4PS2. The fourth-order valence-electron chi connectivity index (χ4n) is 1.77. The van der Waals surface area contributed by atoms with Crippen LogP contribution in [0, 0.1) is 0 Å². The predicted molar refractivity (Wildman–Crippen MR) is 89.3 cm³/mol. The van der Waals surface area contributed by atoms with E-state index in [0.717, 1.165) is 22.4 Å². The maximum atomic E-state index is 11.9. The molecule has 7 nitrogen and oxygen atoms in total. The molecule has 0 aliphatic carbocycles. The van der Waals surface area contributed by atoms with Crippen LogP contribution in [-0.4, -0.2) is 33.7 Å². The van der Waals surface area contributed by atoms with Crippen molar-refractivity contribution in [1.29, 1.82) is 0 Å². The second-order valence-corrected chi connectivity index (χ2v) is 10.8. The highest BCUT2D eigenvalue weighted by Gasteiger charge is 2.26. The zero-order valence-electron chi connectivity index (χ0n) is 12.8. The summed E-state index contributed by atoms with van der Waals surface area (Å²) in [5, 5.41) is 0. The van der Waals surface area contributed by atoms with Crippen molar-refractivity contribution in [3.05, 3.63) is 21.0 Å². The number of nitrogens with zero attached hydrogens (tertiary/aromatic N) is 3. The average molecular weight is 355 g/mol. The smallest absolute Gasteiger partial charge is 0.331 e. The van der Waals surface area contributed by atoms with Gasteiger partial charge < -0.3 is 9.05 Å². The summed E-state index contributed by atoms with van der Waals surface area (Å²) in [4.78, 5) is 23.6. The maximum Gasteiger partial charge on any atom is 0.443 e. The zero-order chi connectivity index (χ0) is 16.0. The van der Waals surface area contributed by atoms with E-state index in [9.17, 15) is 9.59 Å². The molecule has 1 rings (SSSR count). The predicted octanol–water partition coefficient (Wildman–Crippen LogP) is 1.92. The minimum Gasteiger partial charge on any atom is -0.331 e. The van der Waals surface area contributed by atoms with E-state index in [1.165, 1.54) is 11.4 Å². The van der Waals surface area contributed by atoms with Crippen molar-refractivity contribution in [3.63, 3.8) is 0 Å². The third-order valence-electron chi connectivity index (χ3n) is 2.86. The second kappa shape index (κ2) is 8.33. The van der Waals surface area contributed by atoms with Crippen LogP contribution in [0.25, 0.3) is 0 Å². The molecule has 0 fully saturated rings. The van der Waals surface area contributed by atoms with Crippen molar-refractivity contribution in [2.45, 2.75) is 40.1 Å². The molecule has 1 atom stereocenters. The van der Waals surface area contributed by atoms with Crippen molar-refractivity contribution in [2.75, 3.05) is 19.7 Å². The molecule has 21 heavy (non-hydrogen) atoms. The molecule has 1 heterocycles. The van der Waals surface area contributed by atoms with Gasteiger partial charge in [-0.05, 0) is 25.7 Å². The Morgan fingerprint density at radius 1 is 1.29 bits per heavy atom. The van der Waals surface area contributed by atoms with Gasteiger partial charge in [-0.2, -0.15) is 4.74 Å². The molecule has 1 aromatic rings. The first-order valence-electron chi connectivity index (χ1n) is 6.88. The van der Waals surface area contributed by atoms with Crippen molar-refractivity contribution in [2.24, 2.45) is 0 Å². The van der Waals surface area contributed by atoms with Crippen LogP contribution in [0.3, 0.4) is 0 Å². The van der Waals surface area contributed by atoms with Gasteiger partial charge in [-0.1, -0.05) is 25.2 Å². The minimum atomic E-state index is -2.30. The topological polar surface area (TPSA) is 69.6 Å². The molecule has 10 heteroatoms. The van der Waals surface area contributed by atoms with Gasteiger partial charge in [0, 0.05) is 13.1 Å². The van der Waals surface area contributed by atoms with E-state index in [1.807, 2.05) is 20.8 Å². The van der Waals surface area contributed by atoms with Gasteiger partial charge >= 0.3 is 11.4 Å². The lowest BCUT2D eigenvalue weighted by atomic mass is 10.7. The van der Waals surface area contributed by atoms with Gasteiger partial charge in [0.25, 0.3) is 0 Å². The first-order chi connectivity index (χ1) is 9.93. The van der Waals surface area contributed by atoms with Crippen molar-refractivity contribution < 1.29 is 9.05 Å². The molecule has 0 saturated carbocycles. The Morgan fingerprint density at radius 3 is 2.33 bits per heavy atom. The van der Waals surface area contributed by atoms with Crippen LogP contribution in [0.4, 0.5) is 0 Å². The molecule has 0 bridgehead atoms. The third kappa shape index (κ3) is 4.32. The van der Waals surface area contributed by atoms with E-state index in [2.05, 4.69) is 4.67 Å². The summed E-state index contributed by atoms with van der Waals surface area (Å²) in [5.74, 6) is -0.519. The number of aromatic nitrogens is 2. The van der Waals surface area contributed by atoms with Gasteiger partial charge in [0.05, 0.1) is 19.0 Å². The summed E-state index contributed by atoms with van der Waals surface area (Å²) in [5.41, 5.74) is -2.75.